The standard InChI is InChI=1S/C35H51N3O4S/c1-8-15-25(7)37(19-10-3)34(42)31-35-24(6)20-28(43-35)29(30(35)33(41)38(31)27(22-39)23(5)11-4)32(40)36(18-9-2)21-26-16-13-12-14-17-26/h9-10,12-14,16-17,23-25,27-31,39H,2-3,8,11,15,18-22H2,1,4-7H3/t23-,24?,25?,27-,28-,29+,30-,31?,35?/m0/s1. The minimum atomic E-state index is -0.750. The minimum absolute atomic E-state index is 0.0117. The number of hydrogen-bond donors (Lipinski definition) is 1. The lowest BCUT2D eigenvalue weighted by atomic mass is 9.65. The molecule has 1 aromatic carbocycles. The first kappa shape index (κ1) is 33.3. The van der Waals surface area contributed by atoms with Crippen LogP contribution >= 0.6 is 11.8 Å². The summed E-state index contributed by atoms with van der Waals surface area (Å²) in [7, 11) is 0. The van der Waals surface area contributed by atoms with Crippen molar-refractivity contribution in [3.8, 4) is 0 Å². The number of carbonyl (C=O) groups is 3. The summed E-state index contributed by atoms with van der Waals surface area (Å²) in [6.45, 7) is 19.2. The number of aliphatic hydroxyl groups excluding tert-OH is 1. The summed E-state index contributed by atoms with van der Waals surface area (Å²) in [5.74, 6) is -1.40. The van der Waals surface area contributed by atoms with Crippen molar-refractivity contribution in [1.29, 1.82) is 0 Å². The van der Waals surface area contributed by atoms with Gasteiger partial charge in [-0.25, -0.2) is 0 Å². The van der Waals surface area contributed by atoms with E-state index in [9.17, 15) is 19.5 Å². The molecule has 43 heavy (non-hydrogen) atoms. The van der Waals surface area contributed by atoms with E-state index in [4.69, 9.17) is 0 Å². The fourth-order valence-electron chi connectivity index (χ4n) is 7.95. The molecule has 3 aliphatic rings. The SMILES string of the molecule is C=CCN(Cc1ccccc1)C(=O)[C@@H]1[C@@H]2CC(C)C3(S2)C(C(=O)N(CC=C)C(C)CCC)N([C@@H](CO)[C@@H](C)CC)C(=O)[C@H]13. The van der Waals surface area contributed by atoms with Gasteiger partial charge in [0.05, 0.1) is 29.2 Å². The van der Waals surface area contributed by atoms with Gasteiger partial charge in [-0.1, -0.05) is 83.0 Å². The second-order valence-corrected chi connectivity index (χ2v) is 14.4. The molecule has 4 rings (SSSR count). The molecule has 3 amide bonds. The van der Waals surface area contributed by atoms with Gasteiger partial charge in [-0.15, -0.1) is 24.9 Å². The van der Waals surface area contributed by atoms with Crippen LogP contribution in [0, 0.1) is 23.7 Å². The van der Waals surface area contributed by atoms with Gasteiger partial charge in [0.1, 0.15) is 6.04 Å². The third kappa shape index (κ3) is 5.82. The van der Waals surface area contributed by atoms with Crippen LogP contribution in [0.25, 0.3) is 0 Å². The lowest BCUT2D eigenvalue weighted by Crippen LogP contribution is -2.61. The Morgan fingerprint density at radius 1 is 1.14 bits per heavy atom. The molecule has 3 heterocycles. The molecular formula is C35H51N3O4S. The van der Waals surface area contributed by atoms with Crippen LogP contribution in [0.4, 0.5) is 0 Å². The van der Waals surface area contributed by atoms with Gasteiger partial charge in [0.2, 0.25) is 17.7 Å². The van der Waals surface area contributed by atoms with E-state index in [1.807, 2.05) is 54.0 Å². The maximum atomic E-state index is 14.8. The first-order valence-electron chi connectivity index (χ1n) is 16.1. The molecule has 8 heteroatoms. The smallest absolute Gasteiger partial charge is 0.247 e. The largest absolute Gasteiger partial charge is 0.394 e. The van der Waals surface area contributed by atoms with Gasteiger partial charge >= 0.3 is 0 Å². The lowest BCUT2D eigenvalue weighted by molar-refractivity contribution is -0.148. The Labute approximate surface area is 262 Å². The van der Waals surface area contributed by atoms with E-state index in [2.05, 4.69) is 33.9 Å². The molecule has 1 N–H and O–H groups in total. The van der Waals surface area contributed by atoms with E-state index in [1.165, 1.54) is 0 Å². The number of hydrogen-bond acceptors (Lipinski definition) is 5. The Hall–Kier alpha value is -2.58. The van der Waals surface area contributed by atoms with Crippen LogP contribution in [0.15, 0.2) is 55.6 Å². The number of fused-ring (bicyclic) bond motifs is 1. The van der Waals surface area contributed by atoms with E-state index in [0.29, 0.717) is 19.6 Å². The lowest BCUT2D eigenvalue weighted by Gasteiger charge is -2.44. The Morgan fingerprint density at radius 2 is 1.81 bits per heavy atom. The summed E-state index contributed by atoms with van der Waals surface area (Å²) in [5.41, 5.74) is 1.02. The molecule has 0 radical (unpaired) electrons. The molecule has 1 aromatic rings. The van der Waals surface area contributed by atoms with Crippen molar-refractivity contribution in [3.05, 3.63) is 61.2 Å². The quantitative estimate of drug-likeness (QED) is 0.278. The zero-order valence-corrected chi connectivity index (χ0v) is 27.5. The first-order chi connectivity index (χ1) is 20.6. The van der Waals surface area contributed by atoms with Crippen molar-refractivity contribution in [3.63, 3.8) is 0 Å². The molecule has 236 valence electrons. The molecule has 3 fully saturated rings. The van der Waals surface area contributed by atoms with Crippen LogP contribution in [0.5, 0.6) is 0 Å². The second-order valence-electron chi connectivity index (χ2n) is 12.8. The van der Waals surface area contributed by atoms with Gasteiger partial charge in [0, 0.05) is 30.9 Å². The maximum Gasteiger partial charge on any atom is 0.247 e. The third-order valence-corrected chi connectivity index (χ3v) is 12.3. The van der Waals surface area contributed by atoms with Crippen LogP contribution in [0.3, 0.4) is 0 Å². The number of aliphatic hydroxyl groups is 1. The van der Waals surface area contributed by atoms with E-state index in [0.717, 1.165) is 31.2 Å². The van der Waals surface area contributed by atoms with Crippen molar-refractivity contribution in [1.82, 2.24) is 14.7 Å². The van der Waals surface area contributed by atoms with Crippen molar-refractivity contribution >= 4 is 29.5 Å². The number of benzene rings is 1. The van der Waals surface area contributed by atoms with Crippen molar-refractivity contribution in [2.45, 2.75) is 95.0 Å². The van der Waals surface area contributed by atoms with Gasteiger partial charge in [0.25, 0.3) is 0 Å². The molecule has 9 atom stereocenters. The van der Waals surface area contributed by atoms with E-state index in [-0.39, 0.29) is 47.5 Å². The van der Waals surface area contributed by atoms with Gasteiger partial charge < -0.3 is 19.8 Å². The molecule has 7 nitrogen and oxygen atoms in total. The summed E-state index contributed by atoms with van der Waals surface area (Å²) < 4.78 is -0.738. The Bertz CT molecular complexity index is 1180. The summed E-state index contributed by atoms with van der Waals surface area (Å²) in [6, 6.07) is 8.60. The summed E-state index contributed by atoms with van der Waals surface area (Å²) in [5, 5.41) is 10.7. The highest BCUT2D eigenvalue weighted by Gasteiger charge is 2.77. The van der Waals surface area contributed by atoms with Crippen LogP contribution in [-0.2, 0) is 20.9 Å². The Kier molecular flexibility index (Phi) is 10.9. The molecule has 3 saturated heterocycles. The Morgan fingerprint density at radius 3 is 2.40 bits per heavy atom. The molecule has 3 aliphatic heterocycles. The average molecular weight is 610 g/mol. The molecule has 0 aliphatic carbocycles. The predicted molar refractivity (Wildman–Crippen MR) is 174 cm³/mol. The minimum Gasteiger partial charge on any atom is -0.394 e. The van der Waals surface area contributed by atoms with Crippen LogP contribution in [0.1, 0.15) is 65.9 Å². The molecule has 0 saturated carbocycles. The molecule has 1 spiro atoms. The molecule has 4 unspecified atom stereocenters. The van der Waals surface area contributed by atoms with Gasteiger partial charge in [0.15, 0.2) is 0 Å². The number of nitrogens with zero attached hydrogens (tertiary/aromatic N) is 3. The normalized spacial score (nSPS) is 29.6. The van der Waals surface area contributed by atoms with Crippen LogP contribution in [0.2, 0.25) is 0 Å². The van der Waals surface area contributed by atoms with Crippen molar-refractivity contribution < 1.29 is 19.5 Å². The fraction of sp³-hybridized carbons (Fsp3) is 0.629. The number of likely N-dealkylation sites (tertiary alicyclic amines) is 1. The number of thioether (sulfide) groups is 1. The average Bonchev–Trinajstić information content (AvgIpc) is 3.59. The molecule has 2 bridgehead atoms. The highest BCUT2D eigenvalue weighted by Crippen LogP contribution is 2.69. The predicted octanol–water partition coefficient (Wildman–Crippen LogP) is 5.15. The fourth-order valence-corrected chi connectivity index (χ4v) is 10.3. The summed E-state index contributed by atoms with van der Waals surface area (Å²) >= 11 is 1.70. The number of rotatable bonds is 15. The summed E-state index contributed by atoms with van der Waals surface area (Å²) in [4.78, 5) is 49.6. The Balaban J connectivity index is 1.82. The van der Waals surface area contributed by atoms with E-state index in [1.54, 1.807) is 28.8 Å². The van der Waals surface area contributed by atoms with E-state index < -0.39 is 28.7 Å². The van der Waals surface area contributed by atoms with Crippen LogP contribution in [-0.4, -0.2) is 85.3 Å². The first-order valence-corrected chi connectivity index (χ1v) is 17.0. The maximum absolute atomic E-state index is 14.8. The number of carbonyl (C=O) groups excluding carboxylic acids is 3. The van der Waals surface area contributed by atoms with Gasteiger partial charge in [-0.3, -0.25) is 14.4 Å². The highest BCUT2D eigenvalue weighted by molar-refractivity contribution is 8.02. The zero-order chi connectivity index (χ0) is 31.5. The second kappa shape index (κ2) is 14.0. The number of amides is 3. The highest BCUT2D eigenvalue weighted by atomic mass is 32.2. The molecular weight excluding hydrogens is 558 g/mol. The van der Waals surface area contributed by atoms with E-state index >= 15 is 0 Å². The zero-order valence-electron chi connectivity index (χ0n) is 26.7. The van der Waals surface area contributed by atoms with Crippen molar-refractivity contribution in [2.24, 2.45) is 23.7 Å². The monoisotopic (exact) mass is 609 g/mol. The molecule has 0 aromatic heterocycles. The van der Waals surface area contributed by atoms with Gasteiger partial charge in [-0.2, -0.15) is 0 Å². The van der Waals surface area contributed by atoms with Crippen LogP contribution < -0.4 is 0 Å². The topological polar surface area (TPSA) is 81.2 Å². The van der Waals surface area contributed by atoms with Crippen molar-refractivity contribution in [2.75, 3.05) is 19.7 Å². The summed E-state index contributed by atoms with van der Waals surface area (Å²) in [6.07, 6.45) is 6.79. The van der Waals surface area contributed by atoms with Gasteiger partial charge in [-0.05, 0) is 37.2 Å². The third-order valence-electron chi connectivity index (χ3n) is 10.3.